The highest BCUT2D eigenvalue weighted by Gasteiger charge is 2.67. The zero-order valence-corrected chi connectivity index (χ0v) is 21.1. The van der Waals surface area contributed by atoms with E-state index in [0.29, 0.717) is 29.6 Å². The first kappa shape index (κ1) is 24.0. The zero-order valence-electron chi connectivity index (χ0n) is 21.1. The molecule has 3 heteroatoms. The quantitative estimate of drug-likeness (QED) is 0.512. The van der Waals surface area contributed by atoms with E-state index in [9.17, 15) is 15.3 Å². The van der Waals surface area contributed by atoms with Gasteiger partial charge in [0, 0.05) is 11.8 Å². The minimum Gasteiger partial charge on any atom is -0.393 e. The van der Waals surface area contributed by atoms with E-state index in [-0.39, 0.29) is 5.41 Å². The van der Waals surface area contributed by atoms with Crippen molar-refractivity contribution in [3.8, 4) is 0 Å². The second kappa shape index (κ2) is 8.27. The zero-order chi connectivity index (χ0) is 22.8. The number of hydrogen-bond donors (Lipinski definition) is 3. The molecule has 3 nitrogen and oxygen atoms in total. The molecule has 4 aliphatic rings. The molecule has 3 N–H and O–H groups in total. The molecule has 4 aliphatic carbocycles. The smallest absolute Gasteiger partial charge is 0.0985 e. The van der Waals surface area contributed by atoms with Gasteiger partial charge in [-0.15, -0.1) is 0 Å². The van der Waals surface area contributed by atoms with E-state index in [1.807, 2.05) is 0 Å². The summed E-state index contributed by atoms with van der Waals surface area (Å²) in [7, 11) is 0. The van der Waals surface area contributed by atoms with Crippen LogP contribution in [0.25, 0.3) is 0 Å². The van der Waals surface area contributed by atoms with Crippen LogP contribution in [0.15, 0.2) is 0 Å². The average Bonchev–Trinajstić information content (AvgIpc) is 3.05. The molecule has 0 spiro atoms. The van der Waals surface area contributed by atoms with Gasteiger partial charge in [0.1, 0.15) is 0 Å². The summed E-state index contributed by atoms with van der Waals surface area (Å²) in [5.74, 6) is 4.85. The summed E-state index contributed by atoms with van der Waals surface area (Å²) in [4.78, 5) is 0. The number of aliphatic hydroxyl groups is 3. The molecule has 0 aromatic rings. The maximum Gasteiger partial charge on any atom is 0.0985 e. The van der Waals surface area contributed by atoms with Gasteiger partial charge in [-0.05, 0) is 91.8 Å². The van der Waals surface area contributed by atoms with Gasteiger partial charge < -0.3 is 15.3 Å². The van der Waals surface area contributed by atoms with Crippen LogP contribution in [0.3, 0.4) is 0 Å². The first-order valence-electron chi connectivity index (χ1n) is 13.5. The van der Waals surface area contributed by atoms with E-state index in [0.717, 1.165) is 42.9 Å². The molecule has 4 rings (SSSR count). The lowest BCUT2D eigenvalue weighted by Crippen LogP contribution is -2.68. The molecule has 4 saturated carbocycles. The van der Waals surface area contributed by atoms with E-state index >= 15 is 0 Å². The molecule has 0 saturated heterocycles. The van der Waals surface area contributed by atoms with E-state index in [2.05, 4.69) is 41.5 Å². The highest BCUT2D eigenvalue weighted by molar-refractivity contribution is 5.17. The molecule has 3 unspecified atom stereocenters. The van der Waals surface area contributed by atoms with Gasteiger partial charge in [0.2, 0.25) is 0 Å². The third-order valence-corrected chi connectivity index (χ3v) is 11.8. The van der Waals surface area contributed by atoms with Crippen LogP contribution in [0.5, 0.6) is 0 Å². The van der Waals surface area contributed by atoms with Gasteiger partial charge in [0.15, 0.2) is 0 Å². The maximum atomic E-state index is 11.6. The van der Waals surface area contributed by atoms with Gasteiger partial charge in [-0.1, -0.05) is 54.4 Å². The highest BCUT2D eigenvalue weighted by atomic mass is 16.3. The highest BCUT2D eigenvalue weighted by Crippen LogP contribution is 2.69. The van der Waals surface area contributed by atoms with Crippen LogP contribution < -0.4 is 0 Å². The Kier molecular flexibility index (Phi) is 6.41. The molecule has 11 atom stereocenters. The molecule has 0 amide bonds. The molecule has 4 fully saturated rings. The molecule has 31 heavy (non-hydrogen) atoms. The van der Waals surface area contributed by atoms with Crippen LogP contribution >= 0.6 is 0 Å². The summed E-state index contributed by atoms with van der Waals surface area (Å²) in [6.07, 6.45) is 9.33. The van der Waals surface area contributed by atoms with Gasteiger partial charge in [0.05, 0.1) is 17.8 Å². The van der Waals surface area contributed by atoms with Gasteiger partial charge in [-0.2, -0.15) is 0 Å². The van der Waals surface area contributed by atoms with Crippen LogP contribution in [0, 0.1) is 52.3 Å². The second-order valence-corrected chi connectivity index (χ2v) is 13.4. The second-order valence-electron chi connectivity index (χ2n) is 13.4. The van der Waals surface area contributed by atoms with E-state index in [1.54, 1.807) is 0 Å². The molecule has 180 valence electrons. The van der Waals surface area contributed by atoms with E-state index in [4.69, 9.17) is 0 Å². The van der Waals surface area contributed by atoms with Crippen LogP contribution in [-0.2, 0) is 0 Å². The number of rotatable bonds is 5. The lowest BCUT2D eigenvalue weighted by Gasteiger charge is -2.65. The fourth-order valence-corrected chi connectivity index (χ4v) is 9.30. The average molecular weight is 435 g/mol. The molecular formula is C28H50O3. The Balaban J connectivity index is 1.52. The Morgan fingerprint density at radius 2 is 1.58 bits per heavy atom. The predicted molar refractivity (Wildman–Crippen MR) is 126 cm³/mol. The summed E-state index contributed by atoms with van der Waals surface area (Å²) in [6, 6.07) is 0. The third kappa shape index (κ3) is 3.64. The summed E-state index contributed by atoms with van der Waals surface area (Å²) in [5, 5.41) is 33.1. The summed E-state index contributed by atoms with van der Waals surface area (Å²) in [5.41, 5.74) is -0.981. The fourth-order valence-electron chi connectivity index (χ4n) is 9.30. The SMILES string of the molecule is CC(C)[C@@H](C)CC[C@@H](C)[C@H]1CC[C@H]2[C@@H]3CC(O)C4(O)CC(O)CC[C@]4(C)[C@H]3CC[C@]12C. The van der Waals surface area contributed by atoms with Crippen molar-refractivity contribution in [3.05, 3.63) is 0 Å². The fraction of sp³-hybridized carbons (Fsp3) is 1.00. The van der Waals surface area contributed by atoms with Crippen LogP contribution in [0.4, 0.5) is 0 Å². The van der Waals surface area contributed by atoms with Crippen molar-refractivity contribution in [2.24, 2.45) is 52.3 Å². The normalized spacial score (nSPS) is 51.7. The first-order chi connectivity index (χ1) is 14.4. The molecule has 0 radical (unpaired) electrons. The van der Waals surface area contributed by atoms with E-state index < -0.39 is 17.8 Å². The third-order valence-electron chi connectivity index (χ3n) is 11.8. The Bertz CT molecular complexity index is 648. The molecule has 0 aliphatic heterocycles. The van der Waals surface area contributed by atoms with Gasteiger partial charge in [-0.25, -0.2) is 0 Å². The minimum atomic E-state index is -1.11. The topological polar surface area (TPSA) is 60.7 Å². The van der Waals surface area contributed by atoms with Gasteiger partial charge >= 0.3 is 0 Å². The summed E-state index contributed by atoms with van der Waals surface area (Å²) in [6.45, 7) is 14.4. The summed E-state index contributed by atoms with van der Waals surface area (Å²) >= 11 is 0. The standard InChI is InChI=1S/C28H50O3/c1-17(2)18(3)7-8-19(4)22-9-10-23-21-15-25(30)28(31)16-20(29)11-14-27(28,6)24(21)12-13-26(22,23)5/h17-25,29-31H,7-16H2,1-6H3/t18-,19+,20?,21-,22+,23-,24-,25?,26+,27+,28?/m0/s1. The Labute approximate surface area is 191 Å². The lowest BCUT2D eigenvalue weighted by molar-refractivity contribution is -0.264. The summed E-state index contributed by atoms with van der Waals surface area (Å²) < 4.78 is 0. The monoisotopic (exact) mass is 434 g/mol. The largest absolute Gasteiger partial charge is 0.393 e. The van der Waals surface area contributed by atoms with Crippen molar-refractivity contribution < 1.29 is 15.3 Å². The van der Waals surface area contributed by atoms with E-state index in [1.165, 1.54) is 38.5 Å². The predicted octanol–water partition coefficient (Wildman–Crippen LogP) is 5.80. The Morgan fingerprint density at radius 3 is 2.26 bits per heavy atom. The molecule has 0 aromatic carbocycles. The van der Waals surface area contributed by atoms with Crippen molar-refractivity contribution in [1.29, 1.82) is 0 Å². The lowest BCUT2D eigenvalue weighted by atomic mass is 9.42. The van der Waals surface area contributed by atoms with Gasteiger partial charge in [-0.3, -0.25) is 0 Å². The number of aliphatic hydroxyl groups excluding tert-OH is 2. The number of fused-ring (bicyclic) bond motifs is 5. The van der Waals surface area contributed by atoms with Crippen LogP contribution in [0.2, 0.25) is 0 Å². The van der Waals surface area contributed by atoms with Crippen molar-refractivity contribution in [1.82, 2.24) is 0 Å². The van der Waals surface area contributed by atoms with Crippen molar-refractivity contribution in [2.75, 3.05) is 0 Å². The maximum absolute atomic E-state index is 11.6. The molecule has 0 aromatic heterocycles. The van der Waals surface area contributed by atoms with Crippen LogP contribution in [0.1, 0.15) is 106 Å². The van der Waals surface area contributed by atoms with Crippen molar-refractivity contribution in [3.63, 3.8) is 0 Å². The molecule has 0 heterocycles. The molecule has 0 bridgehead atoms. The van der Waals surface area contributed by atoms with Gasteiger partial charge in [0.25, 0.3) is 0 Å². The molecular weight excluding hydrogens is 384 g/mol. The Morgan fingerprint density at radius 1 is 0.871 bits per heavy atom. The first-order valence-corrected chi connectivity index (χ1v) is 13.5. The van der Waals surface area contributed by atoms with Crippen molar-refractivity contribution in [2.45, 2.75) is 124 Å². The van der Waals surface area contributed by atoms with Crippen LogP contribution in [-0.4, -0.2) is 33.1 Å². The minimum absolute atomic E-state index is 0.258. The van der Waals surface area contributed by atoms with Crippen molar-refractivity contribution >= 4 is 0 Å². The Hall–Kier alpha value is -0.120. The number of hydrogen-bond acceptors (Lipinski definition) is 3.